The SMILES string of the molecule is C=C1CCC2=C(C)C3(CC[C@@]12C)SCCS3. The lowest BCUT2D eigenvalue weighted by atomic mass is 9.71. The minimum Gasteiger partial charge on any atom is -0.139 e. The summed E-state index contributed by atoms with van der Waals surface area (Å²) in [6.45, 7) is 9.14. The standard InChI is InChI=1S/C14H20S2/c1-10-4-5-12-11(2)14(15-8-9-16-14)7-6-13(10,12)3/h1,4-9H2,2-3H3/t13-/m0/s1. The second kappa shape index (κ2) is 3.58. The van der Waals surface area contributed by atoms with E-state index in [4.69, 9.17) is 0 Å². The van der Waals surface area contributed by atoms with E-state index >= 15 is 0 Å². The molecule has 0 aromatic carbocycles. The molecule has 1 saturated heterocycles. The molecule has 2 aliphatic carbocycles. The first kappa shape index (κ1) is 11.3. The van der Waals surface area contributed by atoms with Gasteiger partial charge in [0.25, 0.3) is 0 Å². The minimum atomic E-state index is 0.360. The third-order valence-corrected chi connectivity index (χ3v) is 8.59. The summed E-state index contributed by atoms with van der Waals surface area (Å²) < 4.78 is 0.458. The minimum absolute atomic E-state index is 0.360. The molecule has 0 N–H and O–H groups in total. The van der Waals surface area contributed by atoms with E-state index in [0.29, 0.717) is 9.49 Å². The van der Waals surface area contributed by atoms with Crippen molar-refractivity contribution >= 4 is 23.5 Å². The van der Waals surface area contributed by atoms with E-state index in [9.17, 15) is 0 Å². The molecule has 0 radical (unpaired) electrons. The summed E-state index contributed by atoms with van der Waals surface area (Å²) in [5.41, 5.74) is 5.29. The fraction of sp³-hybridized carbons (Fsp3) is 0.714. The predicted molar refractivity (Wildman–Crippen MR) is 76.1 cm³/mol. The van der Waals surface area contributed by atoms with Crippen molar-refractivity contribution in [2.75, 3.05) is 11.5 Å². The lowest BCUT2D eigenvalue weighted by Crippen LogP contribution is -2.32. The second-order valence-corrected chi connectivity index (χ2v) is 8.54. The lowest BCUT2D eigenvalue weighted by molar-refractivity contribution is 0.410. The number of hydrogen-bond donors (Lipinski definition) is 0. The van der Waals surface area contributed by atoms with Crippen LogP contribution in [0.2, 0.25) is 0 Å². The average Bonchev–Trinajstić information content (AvgIpc) is 2.83. The molecule has 3 rings (SSSR count). The van der Waals surface area contributed by atoms with Gasteiger partial charge in [0, 0.05) is 16.9 Å². The van der Waals surface area contributed by atoms with E-state index in [1.807, 2.05) is 0 Å². The van der Waals surface area contributed by atoms with E-state index in [0.717, 1.165) is 0 Å². The molecule has 0 unspecified atom stereocenters. The molecule has 1 aliphatic heterocycles. The van der Waals surface area contributed by atoms with E-state index in [-0.39, 0.29) is 0 Å². The van der Waals surface area contributed by atoms with Crippen LogP contribution in [0.1, 0.15) is 39.5 Å². The van der Waals surface area contributed by atoms with Gasteiger partial charge in [-0.3, -0.25) is 0 Å². The van der Waals surface area contributed by atoms with Crippen LogP contribution in [-0.2, 0) is 0 Å². The topological polar surface area (TPSA) is 0 Å². The van der Waals surface area contributed by atoms with Crippen LogP contribution >= 0.6 is 23.5 Å². The average molecular weight is 252 g/mol. The van der Waals surface area contributed by atoms with Crippen molar-refractivity contribution in [2.24, 2.45) is 5.41 Å². The van der Waals surface area contributed by atoms with Gasteiger partial charge in [-0.25, -0.2) is 0 Å². The molecule has 0 nitrogen and oxygen atoms in total. The van der Waals surface area contributed by atoms with Gasteiger partial charge in [0.1, 0.15) is 0 Å². The Bertz CT molecular complexity index is 374. The molecule has 88 valence electrons. The zero-order valence-electron chi connectivity index (χ0n) is 10.3. The fourth-order valence-corrected chi connectivity index (χ4v) is 6.95. The first-order valence-corrected chi connectivity index (χ1v) is 8.22. The summed E-state index contributed by atoms with van der Waals surface area (Å²) >= 11 is 4.40. The van der Waals surface area contributed by atoms with Gasteiger partial charge in [-0.15, -0.1) is 23.5 Å². The van der Waals surface area contributed by atoms with Crippen molar-refractivity contribution < 1.29 is 0 Å². The molecule has 1 heterocycles. The van der Waals surface area contributed by atoms with Gasteiger partial charge in [0.15, 0.2) is 0 Å². The van der Waals surface area contributed by atoms with Crippen molar-refractivity contribution in [3.63, 3.8) is 0 Å². The first-order valence-electron chi connectivity index (χ1n) is 6.25. The van der Waals surface area contributed by atoms with E-state index in [2.05, 4.69) is 44.0 Å². The summed E-state index contributed by atoms with van der Waals surface area (Å²) in [7, 11) is 0. The van der Waals surface area contributed by atoms with E-state index in [1.165, 1.54) is 42.8 Å². The predicted octanol–water partition coefficient (Wildman–Crippen LogP) is 4.63. The van der Waals surface area contributed by atoms with Gasteiger partial charge in [-0.1, -0.05) is 24.6 Å². The van der Waals surface area contributed by atoms with E-state index in [1.54, 1.807) is 11.1 Å². The highest BCUT2D eigenvalue weighted by Crippen LogP contribution is 2.63. The third-order valence-electron chi connectivity index (χ3n) is 4.86. The van der Waals surface area contributed by atoms with Crippen molar-refractivity contribution in [3.8, 4) is 0 Å². The molecule has 0 aromatic rings. The Labute approximate surface area is 107 Å². The maximum Gasteiger partial charge on any atom is 0.0821 e. The molecular formula is C14H20S2. The monoisotopic (exact) mass is 252 g/mol. The number of thioether (sulfide) groups is 2. The van der Waals surface area contributed by atoms with Crippen molar-refractivity contribution in [3.05, 3.63) is 23.3 Å². The molecule has 16 heavy (non-hydrogen) atoms. The molecule has 1 spiro atoms. The Kier molecular flexibility index (Phi) is 2.53. The molecule has 0 aromatic heterocycles. The summed E-state index contributed by atoms with van der Waals surface area (Å²) in [5.74, 6) is 2.68. The maximum atomic E-state index is 4.31. The van der Waals surface area contributed by atoms with Crippen LogP contribution in [0.5, 0.6) is 0 Å². The van der Waals surface area contributed by atoms with Crippen LogP contribution in [0.25, 0.3) is 0 Å². The number of hydrogen-bond acceptors (Lipinski definition) is 2. The van der Waals surface area contributed by atoms with Gasteiger partial charge < -0.3 is 0 Å². The molecule has 3 aliphatic rings. The lowest BCUT2D eigenvalue weighted by Gasteiger charge is -2.42. The highest BCUT2D eigenvalue weighted by molar-refractivity contribution is 8.21. The summed E-state index contributed by atoms with van der Waals surface area (Å²) in [6.07, 6.45) is 5.20. The van der Waals surface area contributed by atoms with Crippen LogP contribution in [0.15, 0.2) is 23.3 Å². The number of rotatable bonds is 0. The van der Waals surface area contributed by atoms with Gasteiger partial charge in [0.2, 0.25) is 0 Å². The molecule has 2 fully saturated rings. The van der Waals surface area contributed by atoms with Crippen molar-refractivity contribution in [1.82, 2.24) is 0 Å². The second-order valence-electron chi connectivity index (χ2n) is 5.49. The summed E-state index contributed by atoms with van der Waals surface area (Å²) in [6, 6.07) is 0. The first-order chi connectivity index (χ1) is 7.58. The molecule has 1 atom stereocenters. The highest BCUT2D eigenvalue weighted by atomic mass is 32.2. The van der Waals surface area contributed by atoms with Crippen molar-refractivity contribution in [2.45, 2.75) is 43.6 Å². The quantitative estimate of drug-likeness (QED) is 0.577. The van der Waals surface area contributed by atoms with Gasteiger partial charge >= 0.3 is 0 Å². The van der Waals surface area contributed by atoms with Gasteiger partial charge in [0.05, 0.1) is 4.08 Å². The van der Waals surface area contributed by atoms with Crippen LogP contribution in [-0.4, -0.2) is 15.6 Å². The largest absolute Gasteiger partial charge is 0.139 e. The zero-order chi connectivity index (χ0) is 11.4. The van der Waals surface area contributed by atoms with Gasteiger partial charge in [-0.2, -0.15) is 0 Å². The van der Waals surface area contributed by atoms with Crippen LogP contribution in [0.3, 0.4) is 0 Å². The molecule has 0 bridgehead atoms. The Morgan fingerprint density at radius 1 is 1.12 bits per heavy atom. The number of fused-ring (bicyclic) bond motifs is 1. The van der Waals surface area contributed by atoms with Crippen LogP contribution in [0.4, 0.5) is 0 Å². The smallest absolute Gasteiger partial charge is 0.0821 e. The third kappa shape index (κ3) is 1.32. The molecular weight excluding hydrogens is 232 g/mol. The zero-order valence-corrected chi connectivity index (χ0v) is 11.9. The number of allylic oxidation sites excluding steroid dienone is 2. The van der Waals surface area contributed by atoms with Crippen LogP contribution < -0.4 is 0 Å². The maximum absolute atomic E-state index is 4.31. The summed E-state index contributed by atoms with van der Waals surface area (Å²) in [5, 5.41) is 0. The Balaban J connectivity index is 2.08. The highest BCUT2D eigenvalue weighted by Gasteiger charge is 2.49. The van der Waals surface area contributed by atoms with Crippen molar-refractivity contribution in [1.29, 1.82) is 0 Å². The Hall–Kier alpha value is 0.180. The van der Waals surface area contributed by atoms with Crippen LogP contribution in [0, 0.1) is 5.41 Å². The van der Waals surface area contributed by atoms with Gasteiger partial charge in [-0.05, 0) is 38.2 Å². The Morgan fingerprint density at radius 3 is 2.50 bits per heavy atom. The Morgan fingerprint density at radius 2 is 1.81 bits per heavy atom. The fourth-order valence-electron chi connectivity index (χ4n) is 3.62. The summed E-state index contributed by atoms with van der Waals surface area (Å²) in [4.78, 5) is 0. The molecule has 2 heteroatoms. The molecule has 0 amide bonds. The molecule has 1 saturated carbocycles. The van der Waals surface area contributed by atoms with E-state index < -0.39 is 0 Å². The normalized spacial score (nSPS) is 37.2.